The van der Waals surface area contributed by atoms with Gasteiger partial charge >= 0.3 is 0 Å². The predicted octanol–water partition coefficient (Wildman–Crippen LogP) is 3.92. The molecule has 0 aliphatic heterocycles. The van der Waals surface area contributed by atoms with Crippen LogP contribution in [0.1, 0.15) is 31.4 Å². The van der Waals surface area contributed by atoms with E-state index in [1.165, 1.54) is 0 Å². The molecule has 0 saturated carbocycles. The molecule has 0 radical (unpaired) electrons. The monoisotopic (exact) mass is 379 g/mol. The molecule has 146 valence electrons. The maximum absolute atomic E-state index is 12.2. The maximum Gasteiger partial charge on any atom is 0.220 e. The summed E-state index contributed by atoms with van der Waals surface area (Å²) < 4.78 is 12.7. The van der Waals surface area contributed by atoms with E-state index in [2.05, 4.69) is 10.3 Å². The summed E-state index contributed by atoms with van der Waals surface area (Å²) in [4.78, 5) is 16.2. The van der Waals surface area contributed by atoms with Crippen molar-refractivity contribution in [2.45, 2.75) is 25.8 Å². The Bertz CT molecular complexity index is 859. The van der Waals surface area contributed by atoms with Crippen molar-refractivity contribution >= 4 is 5.91 Å². The lowest BCUT2D eigenvalue weighted by Gasteiger charge is -2.15. The van der Waals surface area contributed by atoms with Crippen molar-refractivity contribution in [2.75, 3.05) is 13.7 Å². The van der Waals surface area contributed by atoms with E-state index >= 15 is 0 Å². The predicted molar refractivity (Wildman–Crippen MR) is 108 cm³/mol. The number of ether oxygens (including phenoxy) is 2. The minimum absolute atomic E-state index is 0.0181. The third-order valence-electron chi connectivity index (χ3n) is 4.45. The second-order valence-corrected chi connectivity index (χ2v) is 6.48. The van der Waals surface area contributed by atoms with Crippen LogP contribution in [0.15, 0.2) is 67.3 Å². The number of benzene rings is 2. The second-order valence-electron chi connectivity index (χ2n) is 6.48. The highest BCUT2D eigenvalue weighted by atomic mass is 16.5. The Labute approximate surface area is 165 Å². The zero-order valence-corrected chi connectivity index (χ0v) is 16.2. The van der Waals surface area contributed by atoms with Gasteiger partial charge in [0.15, 0.2) is 0 Å². The minimum atomic E-state index is -0.0492. The quantitative estimate of drug-likeness (QED) is 0.573. The molecule has 2 aromatic carbocycles. The van der Waals surface area contributed by atoms with Gasteiger partial charge in [-0.15, -0.1) is 0 Å². The van der Waals surface area contributed by atoms with E-state index in [9.17, 15) is 4.79 Å². The van der Waals surface area contributed by atoms with Crippen LogP contribution < -0.4 is 14.8 Å². The van der Waals surface area contributed by atoms with Gasteiger partial charge in [0.05, 0.1) is 26.1 Å². The number of nitrogens with one attached hydrogen (secondary N) is 1. The summed E-state index contributed by atoms with van der Waals surface area (Å²) in [6.45, 7) is 2.48. The van der Waals surface area contributed by atoms with Crippen LogP contribution >= 0.6 is 0 Å². The zero-order valence-electron chi connectivity index (χ0n) is 16.2. The fraction of sp³-hybridized carbons (Fsp3) is 0.273. The Kier molecular flexibility index (Phi) is 6.68. The molecule has 0 spiro atoms. The molecule has 3 rings (SSSR count). The van der Waals surface area contributed by atoms with Crippen molar-refractivity contribution in [1.29, 1.82) is 0 Å². The molecule has 3 aromatic rings. The maximum atomic E-state index is 12.2. The Hall–Kier alpha value is -3.28. The molecular formula is C22H25N3O3. The number of carbonyl (C=O) groups is 1. The molecule has 0 unspecified atom stereocenters. The molecule has 1 amide bonds. The summed E-state index contributed by atoms with van der Waals surface area (Å²) in [5, 5.41) is 3.03. The molecular weight excluding hydrogens is 354 g/mol. The summed E-state index contributed by atoms with van der Waals surface area (Å²) in [6, 6.07) is 15.4. The Morgan fingerprint density at radius 3 is 2.46 bits per heavy atom. The van der Waals surface area contributed by atoms with Crippen LogP contribution in [-0.4, -0.2) is 29.2 Å². The number of carbonyl (C=O) groups excluding carboxylic acids is 1. The summed E-state index contributed by atoms with van der Waals surface area (Å²) in [5.74, 6) is 1.58. The number of hydrogen-bond donors (Lipinski definition) is 1. The van der Waals surface area contributed by atoms with Crippen molar-refractivity contribution in [3.63, 3.8) is 0 Å². The molecule has 1 N–H and O–H groups in total. The number of aromatic nitrogens is 2. The molecule has 1 heterocycles. The van der Waals surface area contributed by atoms with Crippen LogP contribution in [0.5, 0.6) is 11.5 Å². The molecule has 0 aliphatic carbocycles. The average Bonchev–Trinajstić information content (AvgIpc) is 3.26. The molecule has 0 fully saturated rings. The van der Waals surface area contributed by atoms with Crippen LogP contribution in [0.2, 0.25) is 0 Å². The Balaban J connectivity index is 1.40. The normalized spacial score (nSPS) is 11.6. The first-order valence-electron chi connectivity index (χ1n) is 9.30. The fourth-order valence-electron chi connectivity index (χ4n) is 2.84. The van der Waals surface area contributed by atoms with E-state index in [1.807, 2.05) is 66.2 Å². The van der Waals surface area contributed by atoms with Crippen molar-refractivity contribution in [2.24, 2.45) is 0 Å². The molecule has 1 atom stereocenters. The lowest BCUT2D eigenvalue weighted by molar-refractivity contribution is -0.121. The first-order chi connectivity index (χ1) is 13.7. The molecule has 0 bridgehead atoms. The smallest absolute Gasteiger partial charge is 0.220 e. The first kappa shape index (κ1) is 19.5. The zero-order chi connectivity index (χ0) is 19.8. The topological polar surface area (TPSA) is 65.4 Å². The summed E-state index contributed by atoms with van der Waals surface area (Å²) >= 11 is 0. The second kappa shape index (κ2) is 9.60. The van der Waals surface area contributed by atoms with Gasteiger partial charge in [0.2, 0.25) is 5.91 Å². The molecule has 6 nitrogen and oxygen atoms in total. The van der Waals surface area contributed by atoms with Gasteiger partial charge in [-0.2, -0.15) is 0 Å². The van der Waals surface area contributed by atoms with E-state index in [0.717, 1.165) is 22.7 Å². The SMILES string of the molecule is COc1ccc(OCCCC(=O)N[C@@H](C)c2ccc(-n3ccnc3)cc2)cc1. The fourth-order valence-corrected chi connectivity index (χ4v) is 2.84. The lowest BCUT2D eigenvalue weighted by atomic mass is 10.1. The number of amides is 1. The molecule has 0 aliphatic rings. The van der Waals surface area contributed by atoms with Crippen LogP contribution in [0, 0.1) is 0 Å². The Morgan fingerprint density at radius 1 is 1.11 bits per heavy atom. The summed E-state index contributed by atoms with van der Waals surface area (Å²) in [7, 11) is 1.63. The average molecular weight is 379 g/mol. The number of hydrogen-bond acceptors (Lipinski definition) is 4. The molecule has 1 aromatic heterocycles. The minimum Gasteiger partial charge on any atom is -0.497 e. The Morgan fingerprint density at radius 2 is 1.82 bits per heavy atom. The highest BCUT2D eigenvalue weighted by Gasteiger charge is 2.10. The highest BCUT2D eigenvalue weighted by Crippen LogP contribution is 2.18. The number of imidazole rings is 1. The van der Waals surface area contributed by atoms with Crippen LogP contribution in [-0.2, 0) is 4.79 Å². The van der Waals surface area contributed by atoms with Crippen molar-refractivity contribution < 1.29 is 14.3 Å². The standard InChI is InChI=1S/C22H25N3O3/c1-17(18-5-7-19(8-6-18)25-14-13-23-16-25)24-22(26)4-3-15-28-21-11-9-20(27-2)10-12-21/h5-14,16-17H,3-4,15H2,1-2H3,(H,24,26)/t17-/m0/s1. The lowest BCUT2D eigenvalue weighted by Crippen LogP contribution is -2.26. The largest absolute Gasteiger partial charge is 0.497 e. The van der Waals surface area contributed by atoms with E-state index in [4.69, 9.17) is 9.47 Å². The molecule has 28 heavy (non-hydrogen) atoms. The molecule has 6 heteroatoms. The van der Waals surface area contributed by atoms with Gasteiger partial charge < -0.3 is 19.4 Å². The van der Waals surface area contributed by atoms with Crippen molar-refractivity contribution in [3.8, 4) is 17.2 Å². The van der Waals surface area contributed by atoms with E-state index in [1.54, 1.807) is 19.6 Å². The summed E-state index contributed by atoms with van der Waals surface area (Å²) in [6.07, 6.45) is 6.48. The van der Waals surface area contributed by atoms with Gasteiger partial charge in [-0.05, 0) is 55.3 Å². The summed E-state index contributed by atoms with van der Waals surface area (Å²) in [5.41, 5.74) is 2.10. The van der Waals surface area contributed by atoms with E-state index in [0.29, 0.717) is 19.4 Å². The van der Waals surface area contributed by atoms with Gasteiger partial charge in [-0.25, -0.2) is 4.98 Å². The molecule has 0 saturated heterocycles. The van der Waals surface area contributed by atoms with Gasteiger partial charge in [-0.3, -0.25) is 4.79 Å². The van der Waals surface area contributed by atoms with Crippen molar-refractivity contribution in [3.05, 3.63) is 72.8 Å². The van der Waals surface area contributed by atoms with Gasteiger partial charge in [0, 0.05) is 24.5 Å². The van der Waals surface area contributed by atoms with E-state index < -0.39 is 0 Å². The van der Waals surface area contributed by atoms with Gasteiger partial charge in [-0.1, -0.05) is 12.1 Å². The van der Waals surface area contributed by atoms with Crippen LogP contribution in [0.25, 0.3) is 5.69 Å². The number of methoxy groups -OCH3 is 1. The van der Waals surface area contributed by atoms with Crippen LogP contribution in [0.3, 0.4) is 0 Å². The third kappa shape index (κ3) is 5.36. The first-order valence-corrected chi connectivity index (χ1v) is 9.30. The van der Waals surface area contributed by atoms with Gasteiger partial charge in [0.1, 0.15) is 11.5 Å². The van der Waals surface area contributed by atoms with Crippen LogP contribution in [0.4, 0.5) is 0 Å². The highest BCUT2D eigenvalue weighted by molar-refractivity contribution is 5.76. The number of rotatable bonds is 9. The third-order valence-corrected chi connectivity index (χ3v) is 4.45. The van der Waals surface area contributed by atoms with Gasteiger partial charge in [0.25, 0.3) is 0 Å². The van der Waals surface area contributed by atoms with Crippen molar-refractivity contribution in [1.82, 2.24) is 14.9 Å². The van der Waals surface area contributed by atoms with E-state index in [-0.39, 0.29) is 11.9 Å². The number of nitrogens with zero attached hydrogens (tertiary/aromatic N) is 2.